The summed E-state index contributed by atoms with van der Waals surface area (Å²) in [7, 11) is 0. The summed E-state index contributed by atoms with van der Waals surface area (Å²) in [4.78, 5) is 28.4. The molecule has 1 aliphatic carbocycles. The minimum atomic E-state index is -2.50. The predicted octanol–water partition coefficient (Wildman–Crippen LogP) is 1.71. The molecule has 0 amide bonds. The molecule has 1 aromatic heterocycles. The number of nitrogens with zero attached hydrogens (tertiary/aromatic N) is 1. The van der Waals surface area contributed by atoms with Gasteiger partial charge in [-0.05, 0) is 0 Å². The Labute approximate surface area is 118 Å². The second kappa shape index (κ2) is 4.13. The van der Waals surface area contributed by atoms with E-state index in [1.54, 1.807) is 12.1 Å². The summed E-state index contributed by atoms with van der Waals surface area (Å²) in [5, 5.41) is 20.5. The maximum atomic E-state index is 12.3. The van der Waals surface area contributed by atoms with Crippen LogP contribution in [-0.2, 0) is 5.60 Å². The largest absolute Gasteiger partial charge is 0.506 e. The van der Waals surface area contributed by atoms with Crippen molar-refractivity contribution >= 4 is 23.2 Å². The van der Waals surface area contributed by atoms with Gasteiger partial charge in [-0.1, -0.05) is 35.9 Å². The second-order valence-corrected chi connectivity index (χ2v) is 4.87. The van der Waals surface area contributed by atoms with Gasteiger partial charge in [-0.2, -0.15) is 0 Å². The molecule has 0 aliphatic heterocycles. The van der Waals surface area contributed by atoms with Gasteiger partial charge < -0.3 is 10.2 Å². The first-order valence-corrected chi connectivity index (χ1v) is 6.10. The van der Waals surface area contributed by atoms with Crippen LogP contribution >= 0.6 is 11.6 Å². The first kappa shape index (κ1) is 12.8. The third-order valence-corrected chi connectivity index (χ3v) is 3.46. The molecular formula is C14H8ClNO4. The number of pyridine rings is 1. The Morgan fingerprint density at radius 1 is 1.10 bits per heavy atom. The van der Waals surface area contributed by atoms with Gasteiger partial charge in [-0.3, -0.25) is 14.6 Å². The maximum absolute atomic E-state index is 12.3. The summed E-state index contributed by atoms with van der Waals surface area (Å²) < 4.78 is 0. The van der Waals surface area contributed by atoms with E-state index in [0.29, 0.717) is 0 Å². The topological polar surface area (TPSA) is 87.5 Å². The molecule has 0 bridgehead atoms. The van der Waals surface area contributed by atoms with Crippen LogP contribution in [-0.4, -0.2) is 26.8 Å². The van der Waals surface area contributed by atoms with Crippen molar-refractivity contribution in [2.45, 2.75) is 5.60 Å². The number of Topliss-reactive ketones (excluding diaryl/α,β-unsaturated/α-hetero) is 2. The molecule has 0 saturated heterocycles. The number of aliphatic hydroxyl groups is 1. The van der Waals surface area contributed by atoms with Crippen LogP contribution in [0.1, 0.15) is 26.4 Å². The van der Waals surface area contributed by atoms with Gasteiger partial charge in [-0.15, -0.1) is 0 Å². The van der Waals surface area contributed by atoms with E-state index in [1.807, 2.05) is 0 Å². The van der Waals surface area contributed by atoms with Crippen LogP contribution in [0.25, 0.3) is 0 Å². The highest BCUT2D eigenvalue weighted by Gasteiger charge is 2.55. The molecule has 20 heavy (non-hydrogen) atoms. The minimum absolute atomic E-state index is 0.108. The molecule has 0 spiro atoms. The highest BCUT2D eigenvalue weighted by atomic mass is 35.5. The van der Waals surface area contributed by atoms with E-state index < -0.39 is 28.6 Å². The van der Waals surface area contributed by atoms with Gasteiger partial charge in [0.2, 0.25) is 17.2 Å². The summed E-state index contributed by atoms with van der Waals surface area (Å²) in [6.45, 7) is 0. The number of hydrogen-bond donors (Lipinski definition) is 2. The van der Waals surface area contributed by atoms with E-state index in [0.717, 1.165) is 12.3 Å². The average Bonchev–Trinajstić information content (AvgIpc) is 2.62. The molecule has 1 heterocycles. The van der Waals surface area contributed by atoms with Crippen LogP contribution in [0.3, 0.4) is 0 Å². The van der Waals surface area contributed by atoms with E-state index in [4.69, 9.17) is 11.6 Å². The Hall–Kier alpha value is -2.24. The van der Waals surface area contributed by atoms with E-state index in [-0.39, 0.29) is 16.1 Å². The zero-order chi connectivity index (χ0) is 14.5. The molecule has 2 N–H and O–H groups in total. The van der Waals surface area contributed by atoms with E-state index in [2.05, 4.69) is 4.98 Å². The third kappa shape index (κ3) is 1.51. The molecule has 100 valence electrons. The standard InChI is InChI=1S/C14H8ClNO4/c15-7-5-10(17)11(16-6-7)14(20)12(18)8-3-1-2-4-9(8)13(14)19/h1-6,17,20H. The fraction of sp³-hybridized carbons (Fsp3) is 0.0714. The monoisotopic (exact) mass is 289 g/mol. The number of rotatable bonds is 1. The van der Waals surface area contributed by atoms with Crippen LogP contribution in [0.2, 0.25) is 5.02 Å². The van der Waals surface area contributed by atoms with Crippen molar-refractivity contribution in [3.8, 4) is 5.75 Å². The molecule has 1 aliphatic rings. The fourth-order valence-corrected chi connectivity index (χ4v) is 2.45. The number of halogens is 1. The summed E-state index contributed by atoms with van der Waals surface area (Å²) in [5.74, 6) is -2.11. The van der Waals surface area contributed by atoms with E-state index >= 15 is 0 Å². The van der Waals surface area contributed by atoms with Gasteiger partial charge in [0.25, 0.3) is 0 Å². The Morgan fingerprint density at radius 2 is 1.65 bits per heavy atom. The Morgan fingerprint density at radius 3 is 2.15 bits per heavy atom. The summed E-state index contributed by atoms with van der Waals surface area (Å²) in [6, 6.07) is 7.18. The number of aromatic hydroxyl groups is 1. The molecule has 1 aromatic carbocycles. The lowest BCUT2D eigenvalue weighted by Crippen LogP contribution is -2.39. The van der Waals surface area contributed by atoms with Gasteiger partial charge >= 0.3 is 0 Å². The third-order valence-electron chi connectivity index (χ3n) is 3.25. The number of hydrogen-bond acceptors (Lipinski definition) is 5. The van der Waals surface area contributed by atoms with Crippen molar-refractivity contribution < 1.29 is 19.8 Å². The first-order chi connectivity index (χ1) is 9.46. The van der Waals surface area contributed by atoms with Crippen LogP contribution in [0.4, 0.5) is 0 Å². The summed E-state index contributed by atoms with van der Waals surface area (Å²) in [6.07, 6.45) is 1.15. The predicted molar refractivity (Wildman–Crippen MR) is 69.9 cm³/mol. The number of carbonyl (C=O) groups is 2. The smallest absolute Gasteiger partial charge is 0.237 e. The number of fused-ring (bicyclic) bond motifs is 1. The van der Waals surface area contributed by atoms with Crippen molar-refractivity contribution in [2.75, 3.05) is 0 Å². The molecule has 5 nitrogen and oxygen atoms in total. The Kier molecular flexibility index (Phi) is 2.64. The summed E-state index contributed by atoms with van der Waals surface area (Å²) in [5.41, 5.74) is -2.70. The summed E-state index contributed by atoms with van der Waals surface area (Å²) >= 11 is 5.66. The van der Waals surface area contributed by atoms with Crippen molar-refractivity contribution in [3.05, 3.63) is 58.4 Å². The number of benzene rings is 1. The number of aromatic nitrogens is 1. The molecule has 6 heteroatoms. The van der Waals surface area contributed by atoms with Crippen LogP contribution < -0.4 is 0 Å². The first-order valence-electron chi connectivity index (χ1n) is 5.72. The molecule has 3 rings (SSSR count). The van der Waals surface area contributed by atoms with Crippen molar-refractivity contribution in [1.82, 2.24) is 4.98 Å². The van der Waals surface area contributed by atoms with Crippen molar-refractivity contribution in [3.63, 3.8) is 0 Å². The average molecular weight is 290 g/mol. The highest BCUT2D eigenvalue weighted by molar-refractivity contribution is 6.32. The molecule has 0 radical (unpaired) electrons. The lowest BCUT2D eigenvalue weighted by Gasteiger charge is -2.19. The van der Waals surface area contributed by atoms with Crippen LogP contribution in [0.15, 0.2) is 36.5 Å². The molecule has 0 unspecified atom stereocenters. The Bertz CT molecular complexity index is 722. The van der Waals surface area contributed by atoms with Gasteiger partial charge in [0.05, 0.1) is 5.02 Å². The molecule has 0 fully saturated rings. The maximum Gasteiger partial charge on any atom is 0.237 e. The van der Waals surface area contributed by atoms with E-state index in [9.17, 15) is 19.8 Å². The zero-order valence-electron chi connectivity index (χ0n) is 10.0. The molecule has 0 saturated carbocycles. The zero-order valence-corrected chi connectivity index (χ0v) is 10.8. The lowest BCUT2D eigenvalue weighted by atomic mass is 9.92. The normalized spacial score (nSPS) is 16.3. The quantitative estimate of drug-likeness (QED) is 0.780. The number of carbonyl (C=O) groups excluding carboxylic acids is 2. The number of ketones is 2. The van der Waals surface area contributed by atoms with Gasteiger partial charge in [0.1, 0.15) is 11.4 Å². The second-order valence-electron chi connectivity index (χ2n) is 4.44. The highest BCUT2D eigenvalue weighted by Crippen LogP contribution is 2.40. The Balaban J connectivity index is 2.24. The van der Waals surface area contributed by atoms with Crippen molar-refractivity contribution in [1.29, 1.82) is 0 Å². The lowest BCUT2D eigenvalue weighted by molar-refractivity contribution is 0.0296. The fourth-order valence-electron chi connectivity index (χ4n) is 2.29. The van der Waals surface area contributed by atoms with Gasteiger partial charge in [-0.25, -0.2) is 0 Å². The van der Waals surface area contributed by atoms with Crippen LogP contribution in [0.5, 0.6) is 5.75 Å². The molecule has 0 atom stereocenters. The molecular weight excluding hydrogens is 282 g/mol. The van der Waals surface area contributed by atoms with E-state index in [1.165, 1.54) is 12.1 Å². The minimum Gasteiger partial charge on any atom is -0.506 e. The van der Waals surface area contributed by atoms with Crippen LogP contribution in [0, 0.1) is 0 Å². The molecule has 2 aromatic rings. The van der Waals surface area contributed by atoms with Gasteiger partial charge in [0.15, 0.2) is 0 Å². The van der Waals surface area contributed by atoms with Gasteiger partial charge in [0, 0.05) is 23.4 Å². The SMILES string of the molecule is O=C1c2ccccc2C(=O)C1(O)c1ncc(Cl)cc1O. The van der Waals surface area contributed by atoms with Crippen molar-refractivity contribution in [2.24, 2.45) is 0 Å².